The second-order valence-corrected chi connectivity index (χ2v) is 4.60. The zero-order valence-electron chi connectivity index (χ0n) is 9.84. The van der Waals surface area contributed by atoms with E-state index in [1.54, 1.807) is 18.2 Å². The summed E-state index contributed by atoms with van der Waals surface area (Å²) in [5, 5.41) is 1.14. The van der Waals surface area contributed by atoms with Crippen molar-refractivity contribution in [3.05, 3.63) is 33.8 Å². The fourth-order valence-corrected chi connectivity index (χ4v) is 1.96. The third-order valence-electron chi connectivity index (χ3n) is 2.35. The molecule has 1 rings (SSSR count). The maximum absolute atomic E-state index is 11.7. The van der Waals surface area contributed by atoms with E-state index in [1.165, 1.54) is 0 Å². The number of halogens is 2. The van der Waals surface area contributed by atoms with Crippen molar-refractivity contribution >= 4 is 29.0 Å². The normalized spacial score (nSPS) is 10.5. The van der Waals surface area contributed by atoms with Gasteiger partial charge in [0.15, 0.2) is 0 Å². The second kappa shape index (κ2) is 7.70. The third kappa shape index (κ3) is 5.53. The first-order valence-electron chi connectivity index (χ1n) is 5.67. The van der Waals surface area contributed by atoms with Gasteiger partial charge in [-0.25, -0.2) is 0 Å². The van der Waals surface area contributed by atoms with Gasteiger partial charge in [-0.05, 0) is 31.0 Å². The summed E-state index contributed by atoms with van der Waals surface area (Å²) in [7, 11) is 0. The molecule has 0 fully saturated rings. The van der Waals surface area contributed by atoms with Crippen LogP contribution < -0.4 is 0 Å². The Morgan fingerprint density at radius 1 is 1.35 bits per heavy atom. The quantitative estimate of drug-likeness (QED) is 0.705. The Morgan fingerprint density at radius 2 is 2.12 bits per heavy atom. The van der Waals surface area contributed by atoms with Crippen molar-refractivity contribution in [2.75, 3.05) is 13.2 Å². The SMILES string of the molecule is CCOCCCC(=O)Cc1ccc(Cl)cc1Cl. The van der Waals surface area contributed by atoms with E-state index in [2.05, 4.69) is 0 Å². The molecule has 0 radical (unpaired) electrons. The lowest BCUT2D eigenvalue weighted by Gasteiger charge is -2.04. The van der Waals surface area contributed by atoms with Crippen LogP contribution in [0.2, 0.25) is 10.0 Å². The molecule has 0 aliphatic rings. The van der Waals surface area contributed by atoms with Gasteiger partial charge < -0.3 is 4.74 Å². The summed E-state index contributed by atoms with van der Waals surface area (Å²) < 4.78 is 5.18. The molecule has 0 spiro atoms. The summed E-state index contributed by atoms with van der Waals surface area (Å²) in [6.45, 7) is 3.27. The molecule has 0 heterocycles. The van der Waals surface area contributed by atoms with Crippen LogP contribution in [0.25, 0.3) is 0 Å². The highest BCUT2D eigenvalue weighted by Crippen LogP contribution is 2.21. The average molecular weight is 275 g/mol. The molecule has 0 N–H and O–H groups in total. The van der Waals surface area contributed by atoms with E-state index >= 15 is 0 Å². The highest BCUT2D eigenvalue weighted by atomic mass is 35.5. The van der Waals surface area contributed by atoms with Crippen LogP contribution in [0.5, 0.6) is 0 Å². The Balaban J connectivity index is 2.40. The van der Waals surface area contributed by atoms with Crippen LogP contribution in [0.3, 0.4) is 0 Å². The number of Topliss-reactive ketones (excluding diaryl/α,β-unsaturated/α-hetero) is 1. The number of ether oxygens (including phenoxy) is 1. The van der Waals surface area contributed by atoms with Crippen LogP contribution in [0.4, 0.5) is 0 Å². The molecule has 0 aromatic heterocycles. The molecule has 1 aromatic rings. The molecular formula is C13H16Cl2O2. The Labute approximate surface area is 112 Å². The summed E-state index contributed by atoms with van der Waals surface area (Å²) in [6.07, 6.45) is 1.65. The number of benzene rings is 1. The first-order valence-corrected chi connectivity index (χ1v) is 6.42. The zero-order chi connectivity index (χ0) is 12.7. The van der Waals surface area contributed by atoms with Crippen molar-refractivity contribution in [1.82, 2.24) is 0 Å². The Kier molecular flexibility index (Phi) is 6.56. The van der Waals surface area contributed by atoms with Crippen LogP contribution in [-0.4, -0.2) is 19.0 Å². The first-order chi connectivity index (χ1) is 8.13. The van der Waals surface area contributed by atoms with Crippen molar-refractivity contribution < 1.29 is 9.53 Å². The van der Waals surface area contributed by atoms with Gasteiger partial charge >= 0.3 is 0 Å². The van der Waals surface area contributed by atoms with Crippen LogP contribution in [0, 0.1) is 0 Å². The molecule has 0 saturated heterocycles. The van der Waals surface area contributed by atoms with E-state index in [-0.39, 0.29) is 5.78 Å². The molecular weight excluding hydrogens is 259 g/mol. The largest absolute Gasteiger partial charge is 0.382 e. The maximum atomic E-state index is 11.7. The minimum Gasteiger partial charge on any atom is -0.382 e. The Bertz CT molecular complexity index is 378. The Morgan fingerprint density at radius 3 is 2.76 bits per heavy atom. The minimum absolute atomic E-state index is 0.175. The lowest BCUT2D eigenvalue weighted by molar-refractivity contribution is -0.118. The van der Waals surface area contributed by atoms with Gasteiger partial charge in [0.1, 0.15) is 5.78 Å². The lowest BCUT2D eigenvalue weighted by atomic mass is 10.1. The Hall–Kier alpha value is -0.570. The highest BCUT2D eigenvalue weighted by Gasteiger charge is 2.07. The predicted molar refractivity (Wildman–Crippen MR) is 70.9 cm³/mol. The molecule has 94 valence electrons. The number of hydrogen-bond donors (Lipinski definition) is 0. The molecule has 0 saturated carbocycles. The number of rotatable bonds is 7. The number of hydrogen-bond acceptors (Lipinski definition) is 2. The zero-order valence-corrected chi connectivity index (χ0v) is 11.4. The molecule has 0 aliphatic heterocycles. The monoisotopic (exact) mass is 274 g/mol. The minimum atomic E-state index is 0.175. The number of carbonyl (C=O) groups excluding carboxylic acids is 1. The van der Waals surface area contributed by atoms with Gasteiger partial charge in [0.25, 0.3) is 0 Å². The van der Waals surface area contributed by atoms with Crippen molar-refractivity contribution in [3.8, 4) is 0 Å². The van der Waals surface area contributed by atoms with Gasteiger partial charge in [0.05, 0.1) is 0 Å². The van der Waals surface area contributed by atoms with E-state index < -0.39 is 0 Å². The molecule has 0 bridgehead atoms. The topological polar surface area (TPSA) is 26.3 Å². The second-order valence-electron chi connectivity index (χ2n) is 3.75. The third-order valence-corrected chi connectivity index (χ3v) is 2.94. The van der Waals surface area contributed by atoms with Gasteiger partial charge in [-0.3, -0.25) is 4.79 Å². The van der Waals surface area contributed by atoms with Gasteiger partial charge in [0, 0.05) is 36.1 Å². The van der Waals surface area contributed by atoms with E-state index in [4.69, 9.17) is 27.9 Å². The van der Waals surface area contributed by atoms with Crippen molar-refractivity contribution in [2.24, 2.45) is 0 Å². The summed E-state index contributed by atoms with van der Waals surface area (Å²) in [4.78, 5) is 11.7. The molecule has 0 unspecified atom stereocenters. The van der Waals surface area contributed by atoms with Gasteiger partial charge in [0.2, 0.25) is 0 Å². The fourth-order valence-electron chi connectivity index (χ4n) is 1.48. The van der Waals surface area contributed by atoms with Crippen LogP contribution in [0.15, 0.2) is 18.2 Å². The average Bonchev–Trinajstić information content (AvgIpc) is 2.28. The van der Waals surface area contributed by atoms with E-state index in [0.717, 1.165) is 12.0 Å². The fraction of sp³-hybridized carbons (Fsp3) is 0.462. The summed E-state index contributed by atoms with van der Waals surface area (Å²) in [6, 6.07) is 5.20. The number of ketones is 1. The summed E-state index contributed by atoms with van der Waals surface area (Å²) >= 11 is 11.8. The maximum Gasteiger partial charge on any atom is 0.137 e. The molecule has 4 heteroatoms. The van der Waals surface area contributed by atoms with Crippen LogP contribution >= 0.6 is 23.2 Å². The predicted octanol–water partition coefficient (Wildman–Crippen LogP) is 3.92. The highest BCUT2D eigenvalue weighted by molar-refractivity contribution is 6.35. The molecule has 17 heavy (non-hydrogen) atoms. The molecule has 0 amide bonds. The summed E-state index contributed by atoms with van der Waals surface area (Å²) in [5.74, 6) is 0.175. The van der Waals surface area contributed by atoms with Gasteiger partial charge in [-0.15, -0.1) is 0 Å². The van der Waals surface area contributed by atoms with Crippen molar-refractivity contribution in [1.29, 1.82) is 0 Å². The van der Waals surface area contributed by atoms with Crippen LogP contribution in [0.1, 0.15) is 25.3 Å². The van der Waals surface area contributed by atoms with E-state index in [0.29, 0.717) is 36.1 Å². The smallest absolute Gasteiger partial charge is 0.137 e. The molecule has 0 atom stereocenters. The van der Waals surface area contributed by atoms with Crippen LogP contribution in [-0.2, 0) is 16.0 Å². The van der Waals surface area contributed by atoms with Crippen molar-refractivity contribution in [3.63, 3.8) is 0 Å². The standard InChI is InChI=1S/C13H16Cl2O2/c1-2-17-7-3-4-12(16)8-10-5-6-11(14)9-13(10)15/h5-6,9H,2-4,7-8H2,1H3. The molecule has 0 aliphatic carbocycles. The molecule has 1 aromatic carbocycles. The lowest BCUT2D eigenvalue weighted by Crippen LogP contribution is -2.05. The van der Waals surface area contributed by atoms with E-state index in [1.807, 2.05) is 6.92 Å². The summed E-state index contributed by atoms with van der Waals surface area (Å²) in [5.41, 5.74) is 0.831. The first kappa shape index (κ1) is 14.5. The van der Waals surface area contributed by atoms with E-state index in [9.17, 15) is 4.79 Å². The van der Waals surface area contributed by atoms with Gasteiger partial charge in [-0.1, -0.05) is 29.3 Å². The van der Waals surface area contributed by atoms with Gasteiger partial charge in [-0.2, -0.15) is 0 Å². The van der Waals surface area contributed by atoms with Crippen molar-refractivity contribution in [2.45, 2.75) is 26.2 Å². The molecule has 2 nitrogen and oxygen atoms in total. The number of carbonyl (C=O) groups is 1.